The molecule has 0 aliphatic heterocycles. The lowest BCUT2D eigenvalue weighted by molar-refractivity contribution is -0.143. The molecule has 0 saturated carbocycles. The molecule has 12 heteroatoms. The van der Waals surface area contributed by atoms with Crippen LogP contribution in [0.5, 0.6) is 0 Å². The summed E-state index contributed by atoms with van der Waals surface area (Å²) in [7, 11) is 0. The van der Waals surface area contributed by atoms with Crippen LogP contribution in [0.15, 0.2) is 46.3 Å². The molecule has 1 amide bonds. The molecule has 0 spiro atoms. The second kappa shape index (κ2) is 7.24. The van der Waals surface area contributed by atoms with Crippen molar-refractivity contribution in [2.45, 2.75) is 12.4 Å². The van der Waals surface area contributed by atoms with E-state index in [4.69, 9.17) is 0 Å². The molecule has 1 N–H and O–H groups in total. The molecule has 3 aromatic rings. The number of carbonyl (C=O) groups excluding carboxylic acids is 1. The summed E-state index contributed by atoms with van der Waals surface area (Å²) in [6, 6.07) is 6.41. The largest absolute Gasteiger partial charge is 0.435 e. The van der Waals surface area contributed by atoms with Crippen molar-refractivity contribution in [1.29, 1.82) is 0 Å². The molecule has 2 aromatic heterocycles. The normalized spacial score (nSPS) is 12.2. The van der Waals surface area contributed by atoms with Gasteiger partial charge in [-0.05, 0) is 51.6 Å². The Hall–Kier alpha value is -2.34. The summed E-state index contributed by atoms with van der Waals surface area (Å²) in [4.78, 5) is 12.5. The highest BCUT2D eigenvalue weighted by atomic mass is 79.9. The van der Waals surface area contributed by atoms with E-state index >= 15 is 0 Å². The van der Waals surface area contributed by atoms with Crippen molar-refractivity contribution in [3.05, 3.63) is 62.5 Å². The minimum Gasteiger partial charge on any atom is -0.321 e. The zero-order valence-corrected chi connectivity index (χ0v) is 15.8. The molecule has 148 valence electrons. The molecule has 2 heterocycles. The summed E-state index contributed by atoms with van der Waals surface area (Å²) in [6.45, 7) is 0. The van der Waals surface area contributed by atoms with Crippen LogP contribution in [0.1, 0.15) is 21.1 Å². The quantitative estimate of drug-likeness (QED) is 0.465. The van der Waals surface area contributed by atoms with Crippen LogP contribution in [0.25, 0.3) is 5.69 Å². The molecular weight excluding hydrogens is 476 g/mol. The fourth-order valence-electron chi connectivity index (χ4n) is 2.25. The van der Waals surface area contributed by atoms with Gasteiger partial charge in [-0.25, -0.2) is 4.68 Å². The number of nitrogens with one attached hydrogen (secondary N) is 1. The first-order valence-corrected chi connectivity index (χ1v) is 9.03. The molecule has 3 rings (SSSR count). The van der Waals surface area contributed by atoms with Gasteiger partial charge in [0.05, 0.1) is 5.69 Å². The number of anilines is 1. The maximum atomic E-state index is 13.1. The fraction of sp³-hybridized carbons (Fsp3) is 0.125. The average Bonchev–Trinajstić information content (AvgIpc) is 3.21. The molecule has 0 aliphatic rings. The highest BCUT2D eigenvalue weighted by Gasteiger charge is 2.42. The van der Waals surface area contributed by atoms with Gasteiger partial charge in [-0.15, -0.1) is 11.3 Å². The maximum Gasteiger partial charge on any atom is 0.435 e. The highest BCUT2D eigenvalue weighted by molar-refractivity contribution is 9.10. The van der Waals surface area contributed by atoms with Crippen LogP contribution < -0.4 is 5.32 Å². The van der Waals surface area contributed by atoms with Gasteiger partial charge in [0.1, 0.15) is 10.6 Å². The summed E-state index contributed by atoms with van der Waals surface area (Å²) < 4.78 is 78.3. The summed E-state index contributed by atoms with van der Waals surface area (Å²) in [5, 5.41) is 7.28. The van der Waals surface area contributed by atoms with Gasteiger partial charge < -0.3 is 5.32 Å². The van der Waals surface area contributed by atoms with Crippen molar-refractivity contribution in [3.8, 4) is 5.69 Å². The molecule has 1 aromatic carbocycles. The van der Waals surface area contributed by atoms with Gasteiger partial charge in [0.2, 0.25) is 0 Å². The minimum atomic E-state index is -5.03. The standard InChI is InChI=1S/C16H8BrF6N3OS/c17-10-5-6-28-13(10)14(27)24-8-1-3-9(4-2-8)26-12(16(21,22)23)7-11(25-26)15(18,19)20/h1-7H,(H,24,27). The molecule has 4 nitrogen and oxygen atoms in total. The highest BCUT2D eigenvalue weighted by Crippen LogP contribution is 2.36. The lowest BCUT2D eigenvalue weighted by atomic mass is 10.2. The Bertz CT molecular complexity index is 1010. The lowest BCUT2D eigenvalue weighted by Gasteiger charge is -2.11. The number of aromatic nitrogens is 2. The molecule has 0 aliphatic carbocycles. The van der Waals surface area contributed by atoms with Gasteiger partial charge in [0.25, 0.3) is 5.91 Å². The Balaban J connectivity index is 1.90. The number of carbonyl (C=O) groups is 1. The Labute approximate surface area is 165 Å². The third-order valence-corrected chi connectivity index (χ3v) is 5.32. The van der Waals surface area contributed by atoms with Crippen LogP contribution in [0.3, 0.4) is 0 Å². The fourth-order valence-corrected chi connectivity index (χ4v) is 3.69. The number of nitrogens with zero attached hydrogens (tertiary/aromatic N) is 2. The summed E-state index contributed by atoms with van der Waals surface area (Å²) in [6.07, 6.45) is -10.1. The minimum absolute atomic E-state index is 0.0516. The van der Waals surface area contributed by atoms with Crippen LogP contribution in [0.2, 0.25) is 0 Å². The molecular formula is C16H8BrF6N3OS. The number of alkyl halides is 6. The van der Waals surface area contributed by atoms with Gasteiger partial charge in [0.15, 0.2) is 5.69 Å². The first-order valence-electron chi connectivity index (χ1n) is 7.36. The van der Waals surface area contributed by atoms with Crippen LogP contribution in [0.4, 0.5) is 32.0 Å². The molecule has 0 radical (unpaired) electrons. The van der Waals surface area contributed by atoms with Crippen molar-refractivity contribution in [1.82, 2.24) is 9.78 Å². The molecule has 28 heavy (non-hydrogen) atoms. The predicted octanol–water partition coefficient (Wildman–Crippen LogP) is 5.99. The number of hydrogen-bond donors (Lipinski definition) is 1. The van der Waals surface area contributed by atoms with Gasteiger partial charge in [0, 0.05) is 16.2 Å². The van der Waals surface area contributed by atoms with Crippen molar-refractivity contribution in [2.24, 2.45) is 0 Å². The number of hydrogen-bond acceptors (Lipinski definition) is 3. The number of thiophene rings is 1. The second-order valence-electron chi connectivity index (χ2n) is 5.42. The van der Waals surface area contributed by atoms with E-state index < -0.39 is 29.6 Å². The van der Waals surface area contributed by atoms with E-state index in [9.17, 15) is 31.1 Å². The summed E-state index contributed by atoms with van der Waals surface area (Å²) in [5.41, 5.74) is -3.19. The first-order chi connectivity index (χ1) is 13.0. The van der Waals surface area contributed by atoms with Gasteiger partial charge in [-0.3, -0.25) is 4.79 Å². The number of benzene rings is 1. The first kappa shape index (κ1) is 20.4. The molecule has 0 atom stereocenters. The van der Waals surface area contributed by atoms with E-state index in [-0.39, 0.29) is 22.1 Å². The molecule has 0 fully saturated rings. The topological polar surface area (TPSA) is 46.9 Å². The smallest absolute Gasteiger partial charge is 0.321 e. The third kappa shape index (κ3) is 4.22. The number of amides is 1. The zero-order chi connectivity index (χ0) is 20.7. The second-order valence-corrected chi connectivity index (χ2v) is 7.19. The monoisotopic (exact) mass is 483 g/mol. The summed E-state index contributed by atoms with van der Waals surface area (Å²) >= 11 is 4.39. The van der Waals surface area contributed by atoms with E-state index in [0.29, 0.717) is 9.35 Å². The van der Waals surface area contributed by atoms with Gasteiger partial charge in [-0.1, -0.05) is 0 Å². The lowest BCUT2D eigenvalue weighted by Crippen LogP contribution is -2.14. The molecule has 0 unspecified atom stereocenters. The van der Waals surface area contributed by atoms with Crippen molar-refractivity contribution >= 4 is 38.9 Å². The van der Waals surface area contributed by atoms with E-state index in [1.54, 1.807) is 11.4 Å². The maximum absolute atomic E-state index is 13.1. The molecule has 0 saturated heterocycles. The van der Waals surface area contributed by atoms with E-state index in [2.05, 4.69) is 26.3 Å². The van der Waals surface area contributed by atoms with Crippen molar-refractivity contribution < 1.29 is 31.1 Å². The van der Waals surface area contributed by atoms with Crippen LogP contribution >= 0.6 is 27.3 Å². The summed E-state index contributed by atoms with van der Waals surface area (Å²) in [5.74, 6) is -0.441. The SMILES string of the molecule is O=C(Nc1ccc(-n2nc(C(F)(F)F)cc2C(F)(F)F)cc1)c1sccc1Br. The number of rotatable bonds is 3. The predicted molar refractivity (Wildman–Crippen MR) is 93.5 cm³/mol. The Kier molecular flexibility index (Phi) is 5.28. The zero-order valence-electron chi connectivity index (χ0n) is 13.4. The Morgan fingerprint density at radius 1 is 1.04 bits per heavy atom. The van der Waals surface area contributed by atoms with Crippen molar-refractivity contribution in [2.75, 3.05) is 5.32 Å². The Morgan fingerprint density at radius 2 is 1.68 bits per heavy atom. The van der Waals surface area contributed by atoms with Crippen molar-refractivity contribution in [3.63, 3.8) is 0 Å². The molecule has 0 bridgehead atoms. The van der Waals surface area contributed by atoms with Gasteiger partial charge in [-0.2, -0.15) is 31.4 Å². The van der Waals surface area contributed by atoms with Gasteiger partial charge >= 0.3 is 12.4 Å². The van der Waals surface area contributed by atoms with Crippen LogP contribution in [-0.4, -0.2) is 15.7 Å². The van der Waals surface area contributed by atoms with E-state index in [1.165, 1.54) is 23.5 Å². The Morgan fingerprint density at radius 3 is 2.18 bits per heavy atom. The third-order valence-electron chi connectivity index (χ3n) is 3.48. The number of halogens is 7. The van der Waals surface area contributed by atoms with Crippen LogP contribution in [0, 0.1) is 0 Å². The average molecular weight is 484 g/mol. The van der Waals surface area contributed by atoms with Crippen LogP contribution in [-0.2, 0) is 12.4 Å². The van der Waals surface area contributed by atoms with E-state index in [1.807, 2.05) is 0 Å². The van der Waals surface area contributed by atoms with E-state index in [0.717, 1.165) is 12.1 Å².